The molecule has 0 saturated carbocycles. The Labute approximate surface area is 101 Å². The highest BCUT2D eigenvalue weighted by Crippen LogP contribution is 2.25. The molecule has 2 aromatic carbocycles. The molecule has 1 nitrogen and oxygen atoms in total. The molecule has 0 bridgehead atoms. The molecule has 0 aliphatic heterocycles. The number of H-pyrrole nitrogens is 1. The van der Waals surface area contributed by atoms with Crippen molar-refractivity contribution < 1.29 is 13.2 Å². The van der Waals surface area contributed by atoms with Crippen molar-refractivity contribution in [3.8, 4) is 11.3 Å². The van der Waals surface area contributed by atoms with Crippen molar-refractivity contribution in [3.63, 3.8) is 0 Å². The van der Waals surface area contributed by atoms with Crippen molar-refractivity contribution in [2.24, 2.45) is 0 Å². The summed E-state index contributed by atoms with van der Waals surface area (Å²) in [6.45, 7) is 0. The summed E-state index contributed by atoms with van der Waals surface area (Å²) in [6.07, 6.45) is 0. The van der Waals surface area contributed by atoms with Gasteiger partial charge in [-0.15, -0.1) is 0 Å². The van der Waals surface area contributed by atoms with Gasteiger partial charge in [-0.3, -0.25) is 0 Å². The van der Waals surface area contributed by atoms with Gasteiger partial charge in [-0.05, 0) is 36.4 Å². The minimum atomic E-state index is -0.644. The van der Waals surface area contributed by atoms with Crippen molar-refractivity contribution in [1.29, 1.82) is 0 Å². The van der Waals surface area contributed by atoms with Gasteiger partial charge in [-0.2, -0.15) is 0 Å². The van der Waals surface area contributed by atoms with Crippen LogP contribution in [0.15, 0.2) is 42.5 Å². The minimum absolute atomic E-state index is 0.360. The molecular formula is C14H8F3N. The Balaban J connectivity index is 2.19. The topological polar surface area (TPSA) is 15.8 Å². The van der Waals surface area contributed by atoms with Crippen molar-refractivity contribution >= 4 is 10.9 Å². The second kappa shape index (κ2) is 3.91. The summed E-state index contributed by atoms with van der Waals surface area (Å²) in [4.78, 5) is 2.93. The Morgan fingerprint density at radius 1 is 0.722 bits per heavy atom. The number of halogens is 3. The van der Waals surface area contributed by atoms with Gasteiger partial charge < -0.3 is 4.98 Å². The number of aromatic amines is 1. The number of benzene rings is 2. The molecule has 0 radical (unpaired) electrons. The first-order chi connectivity index (χ1) is 8.61. The molecule has 0 fully saturated rings. The quantitative estimate of drug-likeness (QED) is 0.661. The third kappa shape index (κ3) is 1.86. The maximum absolute atomic E-state index is 13.1. The molecule has 0 aliphatic rings. The van der Waals surface area contributed by atoms with E-state index in [9.17, 15) is 13.2 Å². The fourth-order valence-corrected chi connectivity index (χ4v) is 1.96. The van der Waals surface area contributed by atoms with Crippen LogP contribution < -0.4 is 0 Å². The summed E-state index contributed by atoms with van der Waals surface area (Å²) < 4.78 is 39.3. The van der Waals surface area contributed by atoms with Crippen LogP contribution in [0.2, 0.25) is 0 Å². The second-order valence-corrected chi connectivity index (χ2v) is 4.07. The predicted octanol–water partition coefficient (Wildman–Crippen LogP) is 4.25. The number of hydrogen-bond acceptors (Lipinski definition) is 0. The van der Waals surface area contributed by atoms with E-state index >= 15 is 0 Å². The van der Waals surface area contributed by atoms with E-state index in [0.29, 0.717) is 16.8 Å². The summed E-state index contributed by atoms with van der Waals surface area (Å²) in [6, 6.07) is 9.28. The van der Waals surface area contributed by atoms with Gasteiger partial charge in [0, 0.05) is 28.2 Å². The van der Waals surface area contributed by atoms with Gasteiger partial charge in [0.25, 0.3) is 0 Å². The van der Waals surface area contributed by atoms with Crippen molar-refractivity contribution in [1.82, 2.24) is 4.98 Å². The minimum Gasteiger partial charge on any atom is -0.354 e. The Bertz CT molecular complexity index is 711. The van der Waals surface area contributed by atoms with E-state index in [1.54, 1.807) is 12.1 Å². The molecule has 1 aromatic heterocycles. The highest BCUT2D eigenvalue weighted by molar-refractivity contribution is 5.85. The fourth-order valence-electron chi connectivity index (χ4n) is 1.96. The Kier molecular flexibility index (Phi) is 2.37. The Morgan fingerprint density at radius 3 is 2.17 bits per heavy atom. The van der Waals surface area contributed by atoms with Gasteiger partial charge in [0.1, 0.15) is 17.5 Å². The highest BCUT2D eigenvalue weighted by Gasteiger charge is 2.07. The van der Waals surface area contributed by atoms with Crippen LogP contribution in [0.25, 0.3) is 22.2 Å². The number of rotatable bonds is 1. The van der Waals surface area contributed by atoms with Gasteiger partial charge in [0.15, 0.2) is 0 Å². The molecule has 0 atom stereocenters. The van der Waals surface area contributed by atoms with Gasteiger partial charge >= 0.3 is 0 Å². The maximum atomic E-state index is 13.1. The number of nitrogens with one attached hydrogen (secondary N) is 1. The summed E-state index contributed by atoms with van der Waals surface area (Å²) in [5, 5.41) is 0.788. The first-order valence-electron chi connectivity index (χ1n) is 5.36. The second-order valence-electron chi connectivity index (χ2n) is 4.07. The zero-order valence-corrected chi connectivity index (χ0v) is 9.18. The van der Waals surface area contributed by atoms with Gasteiger partial charge in [0.05, 0.1) is 0 Å². The monoisotopic (exact) mass is 247 g/mol. The molecule has 0 saturated heterocycles. The summed E-state index contributed by atoms with van der Waals surface area (Å²) in [7, 11) is 0. The summed E-state index contributed by atoms with van der Waals surface area (Å²) in [5.74, 6) is -1.65. The zero-order valence-electron chi connectivity index (χ0n) is 9.18. The van der Waals surface area contributed by atoms with E-state index in [1.165, 1.54) is 24.3 Å². The molecule has 90 valence electrons. The molecule has 1 heterocycles. The normalized spacial score (nSPS) is 11.1. The van der Waals surface area contributed by atoms with Crippen LogP contribution in [-0.4, -0.2) is 4.98 Å². The zero-order chi connectivity index (χ0) is 12.7. The molecule has 0 amide bonds. The predicted molar refractivity (Wildman–Crippen MR) is 63.6 cm³/mol. The Hall–Kier alpha value is -2.23. The van der Waals surface area contributed by atoms with Crippen LogP contribution in [0.5, 0.6) is 0 Å². The summed E-state index contributed by atoms with van der Waals surface area (Å²) >= 11 is 0. The van der Waals surface area contributed by atoms with E-state index < -0.39 is 11.6 Å². The molecular weight excluding hydrogens is 239 g/mol. The van der Waals surface area contributed by atoms with E-state index in [1.807, 2.05) is 0 Å². The molecule has 0 aliphatic carbocycles. The van der Waals surface area contributed by atoms with E-state index in [2.05, 4.69) is 4.98 Å². The van der Waals surface area contributed by atoms with Crippen LogP contribution in [0, 0.1) is 17.5 Å². The fraction of sp³-hybridized carbons (Fsp3) is 0. The SMILES string of the molecule is Fc1cc(F)cc(-c2cc3ccc(F)cc3[nH]2)c1. The lowest BCUT2D eigenvalue weighted by Gasteiger charge is -1.98. The number of aromatic nitrogens is 1. The lowest BCUT2D eigenvalue weighted by molar-refractivity contribution is 0.584. The highest BCUT2D eigenvalue weighted by atomic mass is 19.1. The molecule has 3 rings (SSSR count). The lowest BCUT2D eigenvalue weighted by Crippen LogP contribution is -1.83. The molecule has 1 N–H and O–H groups in total. The molecule has 3 aromatic rings. The third-order valence-corrected chi connectivity index (χ3v) is 2.76. The number of fused-ring (bicyclic) bond motifs is 1. The van der Waals surface area contributed by atoms with Gasteiger partial charge in [-0.25, -0.2) is 13.2 Å². The lowest BCUT2D eigenvalue weighted by atomic mass is 10.1. The average molecular weight is 247 g/mol. The van der Waals surface area contributed by atoms with Gasteiger partial charge in [0.2, 0.25) is 0 Å². The summed E-state index contributed by atoms with van der Waals surface area (Å²) in [5.41, 5.74) is 1.53. The van der Waals surface area contributed by atoms with Crippen molar-refractivity contribution in [2.45, 2.75) is 0 Å². The van der Waals surface area contributed by atoms with Crippen LogP contribution in [-0.2, 0) is 0 Å². The molecule has 4 heteroatoms. The van der Waals surface area contributed by atoms with E-state index in [0.717, 1.165) is 11.5 Å². The smallest absolute Gasteiger partial charge is 0.126 e. The Morgan fingerprint density at radius 2 is 1.44 bits per heavy atom. The molecule has 0 spiro atoms. The first kappa shape index (κ1) is 10.9. The standard InChI is InChI=1S/C14H8F3N/c15-10-2-1-8-5-13(18-14(8)7-10)9-3-11(16)6-12(17)4-9/h1-7,18H. The van der Waals surface area contributed by atoms with Crippen LogP contribution in [0.1, 0.15) is 0 Å². The first-order valence-corrected chi connectivity index (χ1v) is 5.36. The van der Waals surface area contributed by atoms with Gasteiger partial charge in [-0.1, -0.05) is 0 Å². The largest absolute Gasteiger partial charge is 0.354 e. The average Bonchev–Trinajstić information content (AvgIpc) is 2.70. The van der Waals surface area contributed by atoms with Crippen molar-refractivity contribution in [2.75, 3.05) is 0 Å². The molecule has 0 unspecified atom stereocenters. The van der Waals surface area contributed by atoms with E-state index in [4.69, 9.17) is 0 Å². The third-order valence-electron chi connectivity index (χ3n) is 2.76. The number of hydrogen-bond donors (Lipinski definition) is 1. The van der Waals surface area contributed by atoms with E-state index in [-0.39, 0.29) is 5.82 Å². The van der Waals surface area contributed by atoms with Crippen LogP contribution in [0.4, 0.5) is 13.2 Å². The van der Waals surface area contributed by atoms with Crippen molar-refractivity contribution in [3.05, 3.63) is 59.9 Å². The van der Waals surface area contributed by atoms with Crippen LogP contribution in [0.3, 0.4) is 0 Å². The van der Waals surface area contributed by atoms with Crippen LogP contribution >= 0.6 is 0 Å². The maximum Gasteiger partial charge on any atom is 0.126 e. The molecule has 18 heavy (non-hydrogen) atoms.